The normalized spacial score (nSPS) is 43.9. The van der Waals surface area contributed by atoms with Crippen molar-refractivity contribution in [3.8, 4) is 0 Å². The van der Waals surface area contributed by atoms with Crippen molar-refractivity contribution in [2.24, 2.45) is 5.92 Å². The average Bonchev–Trinajstić information content (AvgIpc) is 2.21. The van der Waals surface area contributed by atoms with E-state index in [-0.39, 0.29) is 12.5 Å². The highest BCUT2D eigenvalue weighted by Gasteiger charge is 2.43. The molecule has 14 heavy (non-hydrogen) atoms. The van der Waals surface area contributed by atoms with Crippen LogP contribution >= 0.6 is 0 Å². The van der Waals surface area contributed by atoms with Gasteiger partial charge in [0.2, 0.25) is 0 Å². The fourth-order valence-electron chi connectivity index (χ4n) is 2.01. The molecule has 0 radical (unpaired) electrons. The van der Waals surface area contributed by atoms with Crippen LogP contribution in [0.4, 0.5) is 0 Å². The van der Waals surface area contributed by atoms with Gasteiger partial charge in [-0.25, -0.2) is 0 Å². The first-order valence-corrected chi connectivity index (χ1v) is 4.68. The molecular formula is C9H18O5. The topological polar surface area (TPSA) is 79.2 Å². The van der Waals surface area contributed by atoms with Crippen LogP contribution < -0.4 is 0 Å². The zero-order valence-electron chi connectivity index (χ0n) is 8.46. The van der Waals surface area contributed by atoms with Crippen molar-refractivity contribution < 1.29 is 24.8 Å². The Balaban J connectivity index is 2.71. The van der Waals surface area contributed by atoms with Crippen molar-refractivity contribution in [2.75, 3.05) is 20.8 Å². The fraction of sp³-hybridized carbons (Fsp3) is 1.00. The maximum atomic E-state index is 9.67. The Hall–Kier alpha value is -0.200. The lowest BCUT2D eigenvalue weighted by molar-refractivity contribution is -0.179. The Morgan fingerprint density at radius 1 is 1.14 bits per heavy atom. The van der Waals surface area contributed by atoms with E-state index in [1.54, 1.807) is 0 Å². The summed E-state index contributed by atoms with van der Waals surface area (Å²) in [6.45, 7) is -0.0812. The van der Waals surface area contributed by atoms with E-state index in [4.69, 9.17) is 14.6 Å². The van der Waals surface area contributed by atoms with Crippen LogP contribution in [0.3, 0.4) is 0 Å². The summed E-state index contributed by atoms with van der Waals surface area (Å²) in [5.41, 5.74) is 0. The second-order valence-corrected chi connectivity index (χ2v) is 3.63. The van der Waals surface area contributed by atoms with E-state index in [0.717, 1.165) is 0 Å². The van der Waals surface area contributed by atoms with Crippen molar-refractivity contribution in [3.05, 3.63) is 0 Å². The fourth-order valence-corrected chi connectivity index (χ4v) is 2.01. The van der Waals surface area contributed by atoms with Crippen molar-refractivity contribution in [3.63, 3.8) is 0 Å². The second kappa shape index (κ2) is 5.04. The molecule has 5 atom stereocenters. The molecule has 0 aromatic carbocycles. The quantitative estimate of drug-likeness (QED) is 0.538. The zero-order valence-corrected chi connectivity index (χ0v) is 8.46. The summed E-state index contributed by atoms with van der Waals surface area (Å²) in [6, 6.07) is 0. The first-order chi connectivity index (χ1) is 6.65. The molecule has 3 N–H and O–H groups in total. The van der Waals surface area contributed by atoms with E-state index in [9.17, 15) is 10.2 Å². The Kier molecular flexibility index (Phi) is 4.28. The van der Waals surface area contributed by atoms with E-state index in [2.05, 4.69) is 0 Å². The zero-order chi connectivity index (χ0) is 10.7. The minimum absolute atomic E-state index is 0.0812. The van der Waals surface area contributed by atoms with Crippen molar-refractivity contribution in [1.29, 1.82) is 0 Å². The Morgan fingerprint density at radius 2 is 1.79 bits per heavy atom. The van der Waals surface area contributed by atoms with Gasteiger partial charge >= 0.3 is 0 Å². The van der Waals surface area contributed by atoms with Crippen LogP contribution in [0.15, 0.2) is 0 Å². The number of hydrogen-bond donors (Lipinski definition) is 3. The SMILES string of the molecule is CO[C@@H]1C(CO)C[C@@H](OC)C(O)[C@H]1O. The van der Waals surface area contributed by atoms with Crippen LogP contribution in [0.1, 0.15) is 6.42 Å². The molecule has 0 bridgehead atoms. The minimum Gasteiger partial charge on any atom is -0.396 e. The van der Waals surface area contributed by atoms with Gasteiger partial charge in [-0.2, -0.15) is 0 Å². The van der Waals surface area contributed by atoms with Gasteiger partial charge in [-0.15, -0.1) is 0 Å². The van der Waals surface area contributed by atoms with E-state index in [1.807, 2.05) is 0 Å². The first kappa shape index (κ1) is 11.9. The second-order valence-electron chi connectivity index (χ2n) is 3.63. The highest BCUT2D eigenvalue weighted by atomic mass is 16.5. The molecule has 0 aromatic rings. The van der Waals surface area contributed by atoms with E-state index in [1.165, 1.54) is 14.2 Å². The van der Waals surface area contributed by atoms with Gasteiger partial charge in [0.05, 0.1) is 12.2 Å². The summed E-state index contributed by atoms with van der Waals surface area (Å²) < 4.78 is 10.1. The van der Waals surface area contributed by atoms with Gasteiger partial charge in [0.1, 0.15) is 12.2 Å². The Labute approximate surface area is 83.3 Å². The summed E-state index contributed by atoms with van der Waals surface area (Å²) in [7, 11) is 2.93. The predicted octanol–water partition coefficient (Wildman–Crippen LogP) is -1.25. The minimum atomic E-state index is -1.00. The van der Waals surface area contributed by atoms with Crippen molar-refractivity contribution in [1.82, 2.24) is 0 Å². The maximum Gasteiger partial charge on any atom is 0.109 e. The summed E-state index contributed by atoms with van der Waals surface area (Å²) >= 11 is 0. The van der Waals surface area contributed by atoms with Crippen LogP contribution in [0.25, 0.3) is 0 Å². The number of methoxy groups -OCH3 is 2. The predicted molar refractivity (Wildman–Crippen MR) is 48.8 cm³/mol. The molecule has 2 unspecified atom stereocenters. The van der Waals surface area contributed by atoms with Gasteiger partial charge in [-0.1, -0.05) is 0 Å². The number of ether oxygens (including phenoxy) is 2. The molecule has 0 aliphatic heterocycles. The summed E-state index contributed by atoms with van der Waals surface area (Å²) in [5.74, 6) is -0.191. The van der Waals surface area contributed by atoms with Gasteiger partial charge < -0.3 is 24.8 Å². The summed E-state index contributed by atoms with van der Waals surface area (Å²) in [4.78, 5) is 0. The van der Waals surface area contributed by atoms with Crippen molar-refractivity contribution in [2.45, 2.75) is 30.8 Å². The molecule has 5 nitrogen and oxygen atoms in total. The van der Waals surface area contributed by atoms with Gasteiger partial charge in [-0.05, 0) is 6.42 Å². The Bertz CT molecular complexity index is 173. The number of rotatable bonds is 3. The third-order valence-electron chi connectivity index (χ3n) is 2.88. The van der Waals surface area contributed by atoms with E-state index in [0.29, 0.717) is 6.42 Å². The molecule has 1 fully saturated rings. The molecule has 5 heteroatoms. The van der Waals surface area contributed by atoms with Crippen LogP contribution in [0.2, 0.25) is 0 Å². The van der Waals surface area contributed by atoms with Gasteiger partial charge in [0, 0.05) is 26.7 Å². The molecule has 0 heterocycles. The smallest absolute Gasteiger partial charge is 0.109 e. The first-order valence-electron chi connectivity index (χ1n) is 4.68. The monoisotopic (exact) mass is 206 g/mol. The lowest BCUT2D eigenvalue weighted by Gasteiger charge is -2.40. The highest BCUT2D eigenvalue weighted by Crippen LogP contribution is 2.28. The van der Waals surface area contributed by atoms with Crippen molar-refractivity contribution >= 4 is 0 Å². The lowest BCUT2D eigenvalue weighted by atomic mass is 9.81. The van der Waals surface area contributed by atoms with Gasteiger partial charge in [0.25, 0.3) is 0 Å². The summed E-state index contributed by atoms with van der Waals surface area (Å²) in [5, 5.41) is 28.4. The van der Waals surface area contributed by atoms with Gasteiger partial charge in [-0.3, -0.25) is 0 Å². The molecule has 0 saturated heterocycles. The molecule has 1 saturated carbocycles. The highest BCUT2D eigenvalue weighted by molar-refractivity contribution is 4.93. The Morgan fingerprint density at radius 3 is 2.21 bits per heavy atom. The van der Waals surface area contributed by atoms with Crippen LogP contribution in [-0.4, -0.2) is 60.6 Å². The molecule has 84 valence electrons. The van der Waals surface area contributed by atoms with E-state index >= 15 is 0 Å². The molecule has 1 rings (SSSR count). The molecular weight excluding hydrogens is 188 g/mol. The molecule has 1 aliphatic carbocycles. The maximum absolute atomic E-state index is 9.67. The average molecular weight is 206 g/mol. The largest absolute Gasteiger partial charge is 0.396 e. The molecule has 0 aromatic heterocycles. The molecule has 1 aliphatic rings. The molecule has 0 amide bonds. The molecule has 0 spiro atoms. The number of hydrogen-bond acceptors (Lipinski definition) is 5. The summed E-state index contributed by atoms with van der Waals surface area (Å²) in [6.07, 6.45) is -2.43. The van der Waals surface area contributed by atoms with Crippen LogP contribution in [0.5, 0.6) is 0 Å². The third-order valence-corrected chi connectivity index (χ3v) is 2.88. The number of aliphatic hydroxyl groups excluding tert-OH is 3. The van der Waals surface area contributed by atoms with Crippen LogP contribution in [-0.2, 0) is 9.47 Å². The number of aliphatic hydroxyl groups is 3. The van der Waals surface area contributed by atoms with E-state index < -0.39 is 24.4 Å². The third kappa shape index (κ3) is 2.07. The van der Waals surface area contributed by atoms with Crippen LogP contribution in [0, 0.1) is 5.92 Å². The standard InChI is InChI=1S/C9H18O5/c1-13-6-3-5(4-10)9(14-2)8(12)7(6)11/h5-12H,3-4H2,1-2H3/t5?,6-,7?,8-,9-/m1/s1. The lowest BCUT2D eigenvalue weighted by Crippen LogP contribution is -2.55. The van der Waals surface area contributed by atoms with Gasteiger partial charge in [0.15, 0.2) is 0 Å².